The molecule has 0 aliphatic rings. The Morgan fingerprint density at radius 1 is 0.215 bits per heavy atom. The van der Waals surface area contributed by atoms with E-state index >= 15 is 0 Å². The molecule has 0 aliphatic carbocycles. The summed E-state index contributed by atoms with van der Waals surface area (Å²) in [6, 6.07) is 87.7. The van der Waals surface area contributed by atoms with Crippen LogP contribution in [0.4, 0.5) is 0 Å². The van der Waals surface area contributed by atoms with Gasteiger partial charge in [-0.2, -0.15) is 0 Å². The van der Waals surface area contributed by atoms with Crippen LogP contribution in [-0.4, -0.2) is 6.61 Å². The van der Waals surface area contributed by atoms with Crippen molar-refractivity contribution >= 4 is 0 Å². The molecule has 0 bridgehead atoms. The molecule has 9 rings (SSSR count). The SMILES string of the molecule is C.C.CC(C)(C)CCCc1ccccc1.CC(C)(C)CCOc1ccccc1.CC(C)(C)CCc1ccccc1.CC(C)(C)Cc1ccccc1.CC(C)(C)c1ccccc1.Cc1ccc(C(C)(C)C)cc1.Cc1ccc(C(C)(C)C)cc1.Cc1ccc(CC(C)(C)C)cc1.Cc1ccc(CC(C)(C)C)cc1. The van der Waals surface area contributed by atoms with Crippen LogP contribution in [0.2, 0.25) is 0 Å². The summed E-state index contributed by atoms with van der Waals surface area (Å²) in [6.45, 7) is 70.2. The van der Waals surface area contributed by atoms with Crippen LogP contribution in [0.5, 0.6) is 5.75 Å². The summed E-state index contributed by atoms with van der Waals surface area (Å²) in [7, 11) is 0. The quantitative estimate of drug-likeness (QED) is 0.125. The topological polar surface area (TPSA) is 9.23 Å². The highest BCUT2D eigenvalue weighted by atomic mass is 16.5. The molecule has 9 aromatic rings. The molecule has 1 heteroatoms. The molecule has 0 heterocycles. The van der Waals surface area contributed by atoms with Crippen molar-refractivity contribution in [2.45, 2.75) is 304 Å². The summed E-state index contributed by atoms with van der Waals surface area (Å²) in [5.41, 5.74) is 20.1. The van der Waals surface area contributed by atoms with Crippen LogP contribution in [0.15, 0.2) is 249 Å². The third-order valence-electron chi connectivity index (χ3n) is 16.9. The lowest BCUT2D eigenvalue weighted by Crippen LogP contribution is -2.10. The summed E-state index contributed by atoms with van der Waals surface area (Å²) in [4.78, 5) is 0. The normalized spacial score (nSPS) is 11.4. The Morgan fingerprint density at radius 2 is 0.449 bits per heavy atom. The minimum absolute atomic E-state index is 0. The number of para-hydroxylation sites is 1. The lowest BCUT2D eigenvalue weighted by molar-refractivity contribution is 0.243. The molecule has 0 saturated heterocycles. The fraction of sp³-hybridized carbons (Fsp3) is 0.491. The van der Waals surface area contributed by atoms with Crippen molar-refractivity contribution in [3.63, 3.8) is 0 Å². The van der Waals surface area contributed by atoms with Crippen molar-refractivity contribution in [3.8, 4) is 5.75 Å². The molecule has 0 saturated carbocycles. The molecule has 9 aromatic carbocycles. The molecular formula is C106H162O. The molecule has 0 unspecified atom stereocenters. The van der Waals surface area contributed by atoms with E-state index in [1.165, 1.54) is 98.9 Å². The van der Waals surface area contributed by atoms with Crippen molar-refractivity contribution in [1.29, 1.82) is 0 Å². The molecule has 107 heavy (non-hydrogen) atoms. The molecule has 0 radical (unpaired) electrons. The fourth-order valence-electron chi connectivity index (χ4n) is 10.5. The number of benzene rings is 9. The number of hydrogen-bond donors (Lipinski definition) is 0. The number of rotatable bonds is 11. The highest BCUT2D eigenvalue weighted by molar-refractivity contribution is 5.29. The van der Waals surface area contributed by atoms with Crippen molar-refractivity contribution in [1.82, 2.24) is 0 Å². The van der Waals surface area contributed by atoms with Gasteiger partial charge in [0.15, 0.2) is 0 Å². The third kappa shape index (κ3) is 58.5. The summed E-state index contributed by atoms with van der Waals surface area (Å²) in [5, 5.41) is 0. The average molecular weight is 1450 g/mol. The zero-order valence-corrected chi connectivity index (χ0v) is 73.2. The van der Waals surface area contributed by atoms with Crippen LogP contribution in [0, 0.1) is 60.2 Å². The van der Waals surface area contributed by atoms with E-state index < -0.39 is 0 Å². The van der Waals surface area contributed by atoms with Crippen LogP contribution >= 0.6 is 0 Å². The molecule has 0 spiro atoms. The molecule has 0 fully saturated rings. The molecule has 592 valence electrons. The van der Waals surface area contributed by atoms with Gasteiger partial charge in [-0.3, -0.25) is 0 Å². The number of hydrogen-bond acceptors (Lipinski definition) is 1. The molecule has 0 atom stereocenters. The first-order chi connectivity index (χ1) is 48.4. The summed E-state index contributed by atoms with van der Waals surface area (Å²) >= 11 is 0. The van der Waals surface area contributed by atoms with Gasteiger partial charge in [-0.05, 0) is 191 Å². The Hall–Kier alpha value is -7.22. The molecule has 0 aliphatic heterocycles. The second-order valence-electron chi connectivity index (χ2n) is 39.4. The van der Waals surface area contributed by atoms with Gasteiger partial charge in [0.05, 0.1) is 6.61 Å². The van der Waals surface area contributed by atoms with Gasteiger partial charge in [0.1, 0.15) is 5.75 Å². The van der Waals surface area contributed by atoms with Gasteiger partial charge in [-0.1, -0.05) is 461 Å². The predicted octanol–water partition coefficient (Wildman–Crippen LogP) is 32.5. The number of aryl methyl sites for hydroxylation is 6. The van der Waals surface area contributed by atoms with Gasteiger partial charge >= 0.3 is 0 Å². The average Bonchev–Trinajstić information content (AvgIpc) is 0.818. The van der Waals surface area contributed by atoms with Gasteiger partial charge < -0.3 is 4.74 Å². The standard InChI is InChI=1S/C13H20.C12H18O.3C12H18.3C11H16.C10H14.2CH4/c1-13(2,3)11-7-10-12-8-5-4-6-9-12;1-12(2,3)9-10-13-11-7-5-4-6-8-11;2*1-10-5-7-11(8-6-10)9-12(2,3)4;1-12(2,3)10-9-11-7-5-4-6-8-11;2*1-9-5-7-10(8-6-9)11(2,3)4;1-11(2,3)9-10-7-5-4-6-8-10;1-10(2,3)9-7-5-4-6-8-9;;/h4-6,8-9H,7,10-11H2,1-3H3;4-8H,9-10H2,1-3H3;2*5-8H,9H2,1-4H3;4-8H,9-10H2,1-3H3;2*5-8H,1-4H3;4-8H,9H2,1-3H3;4-8H,1-3H3;2*1H4. The molecule has 0 aromatic heterocycles. The second-order valence-corrected chi connectivity index (χ2v) is 39.4. The van der Waals surface area contributed by atoms with E-state index in [1.807, 2.05) is 30.3 Å². The Bertz CT molecular complexity index is 3380. The molecule has 1 nitrogen and oxygen atoms in total. The largest absolute Gasteiger partial charge is 0.494 e. The first-order valence-corrected chi connectivity index (χ1v) is 39.5. The zero-order valence-electron chi connectivity index (χ0n) is 73.2. The maximum Gasteiger partial charge on any atom is 0.119 e. The van der Waals surface area contributed by atoms with Crippen LogP contribution in [-0.2, 0) is 48.3 Å². The number of ether oxygens (including phenoxy) is 1. The van der Waals surface area contributed by atoms with Crippen LogP contribution in [0.3, 0.4) is 0 Å². The maximum atomic E-state index is 5.58. The Morgan fingerprint density at radius 3 is 0.710 bits per heavy atom. The first kappa shape index (κ1) is 102. The highest BCUT2D eigenvalue weighted by Crippen LogP contribution is 2.28. The molecule has 0 N–H and O–H groups in total. The zero-order chi connectivity index (χ0) is 79.8. The summed E-state index contributed by atoms with van der Waals surface area (Å²) < 4.78 is 5.58. The first-order valence-electron chi connectivity index (χ1n) is 39.5. The van der Waals surface area contributed by atoms with E-state index in [0.29, 0.717) is 37.9 Å². The fourth-order valence-corrected chi connectivity index (χ4v) is 10.5. The second kappa shape index (κ2) is 49.8. The lowest BCUT2D eigenvalue weighted by atomic mass is 9.87. The monoisotopic (exact) mass is 1450 g/mol. The van der Waals surface area contributed by atoms with Crippen molar-refractivity contribution in [3.05, 3.63) is 315 Å². The van der Waals surface area contributed by atoms with Crippen molar-refractivity contribution in [2.75, 3.05) is 6.61 Å². The van der Waals surface area contributed by atoms with Gasteiger partial charge in [0.25, 0.3) is 0 Å². The van der Waals surface area contributed by atoms with Crippen LogP contribution < -0.4 is 4.74 Å². The Labute approximate surface area is 664 Å². The minimum Gasteiger partial charge on any atom is -0.494 e. The smallest absolute Gasteiger partial charge is 0.119 e. The van der Waals surface area contributed by atoms with E-state index in [1.54, 1.807) is 0 Å². The Balaban J connectivity index is 0. The van der Waals surface area contributed by atoms with E-state index in [0.717, 1.165) is 38.0 Å². The molecular weight excluding hydrogens is 1290 g/mol. The van der Waals surface area contributed by atoms with Crippen LogP contribution in [0.1, 0.15) is 294 Å². The maximum absolute atomic E-state index is 5.58. The van der Waals surface area contributed by atoms with Gasteiger partial charge in [0, 0.05) is 0 Å². The van der Waals surface area contributed by atoms with Gasteiger partial charge in [-0.25, -0.2) is 0 Å². The van der Waals surface area contributed by atoms with E-state index in [4.69, 9.17) is 4.74 Å². The lowest BCUT2D eigenvalue weighted by Gasteiger charge is -2.18. The van der Waals surface area contributed by atoms with E-state index in [2.05, 4.69) is 433 Å². The predicted molar refractivity (Wildman–Crippen MR) is 486 cm³/mol. The van der Waals surface area contributed by atoms with Crippen molar-refractivity contribution < 1.29 is 4.74 Å². The van der Waals surface area contributed by atoms with E-state index in [9.17, 15) is 0 Å². The highest BCUT2D eigenvalue weighted by Gasteiger charge is 2.17. The van der Waals surface area contributed by atoms with Crippen LogP contribution in [0.25, 0.3) is 0 Å². The third-order valence-corrected chi connectivity index (χ3v) is 16.9. The minimum atomic E-state index is 0. The summed E-state index contributed by atoms with van der Waals surface area (Å²) in [5.74, 6) is 0.965. The van der Waals surface area contributed by atoms with Gasteiger partial charge in [-0.15, -0.1) is 0 Å². The molecule has 0 amide bonds. The Kier molecular flexibility index (Phi) is 47.3. The van der Waals surface area contributed by atoms with Gasteiger partial charge in [0.2, 0.25) is 0 Å². The van der Waals surface area contributed by atoms with E-state index in [-0.39, 0.29) is 25.7 Å². The van der Waals surface area contributed by atoms with Crippen molar-refractivity contribution in [2.24, 2.45) is 32.5 Å². The summed E-state index contributed by atoms with van der Waals surface area (Å²) in [6.07, 6.45) is 10.9.